The predicted octanol–water partition coefficient (Wildman–Crippen LogP) is 3.78. The first-order valence-corrected chi connectivity index (χ1v) is 11.8. The van der Waals surface area contributed by atoms with E-state index >= 15 is 0 Å². The molecule has 7 heteroatoms. The first-order valence-electron chi connectivity index (χ1n) is 10.9. The molecule has 2 saturated heterocycles. The minimum Gasteiger partial charge on any atom is -0.342 e. The van der Waals surface area contributed by atoms with Crippen molar-refractivity contribution < 1.29 is 9.59 Å². The molecular weight excluding hydrogens is 396 g/mol. The summed E-state index contributed by atoms with van der Waals surface area (Å²) in [5.74, 6) is 0.394. The van der Waals surface area contributed by atoms with E-state index in [-0.39, 0.29) is 17.9 Å². The van der Waals surface area contributed by atoms with Gasteiger partial charge < -0.3 is 10.2 Å². The molecular formula is C23H30N4O2S. The standard InChI is InChI=1S/C23H30N4O2S/c1-16-5-7-18(8-6-16)20-15-30-23(24-20)25-21(28)17(2)26-13-9-19(10-14-26)22(29)27-11-3-4-12-27/h5-8,15,17,19H,3-4,9-14H2,1-2H3,(H,24,25,28). The van der Waals surface area contributed by atoms with Gasteiger partial charge in [0.15, 0.2) is 5.13 Å². The number of aryl methyl sites for hydroxylation is 1. The van der Waals surface area contributed by atoms with E-state index in [0.717, 1.165) is 63.1 Å². The molecule has 2 aromatic rings. The van der Waals surface area contributed by atoms with Crippen molar-refractivity contribution in [2.45, 2.75) is 45.6 Å². The summed E-state index contributed by atoms with van der Waals surface area (Å²) in [5.41, 5.74) is 3.14. The van der Waals surface area contributed by atoms with Crippen LogP contribution in [-0.4, -0.2) is 58.8 Å². The van der Waals surface area contributed by atoms with Gasteiger partial charge in [-0.25, -0.2) is 4.98 Å². The zero-order chi connectivity index (χ0) is 21.1. The Morgan fingerprint density at radius 1 is 1.10 bits per heavy atom. The molecule has 0 aliphatic carbocycles. The Morgan fingerprint density at radius 3 is 2.43 bits per heavy atom. The van der Waals surface area contributed by atoms with Crippen LogP contribution in [0.1, 0.15) is 38.2 Å². The summed E-state index contributed by atoms with van der Waals surface area (Å²) in [5, 5.41) is 5.57. The Morgan fingerprint density at radius 2 is 1.77 bits per heavy atom. The molecule has 2 fully saturated rings. The lowest BCUT2D eigenvalue weighted by molar-refractivity contribution is -0.136. The van der Waals surface area contributed by atoms with Crippen molar-refractivity contribution in [2.24, 2.45) is 5.92 Å². The molecule has 1 atom stereocenters. The highest BCUT2D eigenvalue weighted by atomic mass is 32.1. The highest BCUT2D eigenvalue weighted by molar-refractivity contribution is 7.14. The van der Waals surface area contributed by atoms with Gasteiger partial charge in [-0.3, -0.25) is 14.5 Å². The third kappa shape index (κ3) is 4.73. The third-order valence-corrected chi connectivity index (χ3v) is 7.06. The number of rotatable bonds is 5. The summed E-state index contributed by atoms with van der Waals surface area (Å²) in [6.07, 6.45) is 3.93. The van der Waals surface area contributed by atoms with Gasteiger partial charge in [0.1, 0.15) is 0 Å². The number of benzene rings is 1. The smallest absolute Gasteiger partial charge is 0.243 e. The van der Waals surface area contributed by atoms with Gasteiger partial charge in [-0.15, -0.1) is 11.3 Å². The molecule has 0 saturated carbocycles. The maximum absolute atomic E-state index is 12.8. The van der Waals surface area contributed by atoms with Crippen molar-refractivity contribution in [3.8, 4) is 11.3 Å². The van der Waals surface area contributed by atoms with Gasteiger partial charge in [-0.1, -0.05) is 29.8 Å². The molecule has 3 heterocycles. The van der Waals surface area contributed by atoms with Gasteiger partial charge in [0.25, 0.3) is 0 Å². The van der Waals surface area contributed by atoms with E-state index in [9.17, 15) is 9.59 Å². The average Bonchev–Trinajstić information content (AvgIpc) is 3.46. The summed E-state index contributed by atoms with van der Waals surface area (Å²) in [7, 11) is 0. The monoisotopic (exact) mass is 426 g/mol. The van der Waals surface area contributed by atoms with Crippen molar-refractivity contribution in [2.75, 3.05) is 31.5 Å². The first kappa shape index (κ1) is 21.0. The molecule has 160 valence electrons. The molecule has 2 aliphatic heterocycles. The van der Waals surface area contributed by atoms with E-state index in [4.69, 9.17) is 0 Å². The molecule has 6 nitrogen and oxygen atoms in total. The topological polar surface area (TPSA) is 65.5 Å². The number of hydrogen-bond acceptors (Lipinski definition) is 5. The molecule has 0 bridgehead atoms. The number of anilines is 1. The maximum atomic E-state index is 12.8. The second-order valence-electron chi connectivity index (χ2n) is 8.41. The van der Waals surface area contributed by atoms with Crippen molar-refractivity contribution in [1.82, 2.24) is 14.8 Å². The molecule has 2 amide bonds. The minimum absolute atomic E-state index is 0.0378. The fraction of sp³-hybridized carbons (Fsp3) is 0.522. The molecule has 1 unspecified atom stereocenters. The lowest BCUT2D eigenvalue weighted by atomic mass is 9.94. The molecule has 30 heavy (non-hydrogen) atoms. The van der Waals surface area contributed by atoms with E-state index in [1.807, 2.05) is 29.3 Å². The fourth-order valence-electron chi connectivity index (χ4n) is 4.29. The second-order valence-corrected chi connectivity index (χ2v) is 9.27. The average molecular weight is 427 g/mol. The van der Waals surface area contributed by atoms with Crippen LogP contribution in [0.2, 0.25) is 0 Å². The zero-order valence-corrected chi connectivity index (χ0v) is 18.6. The minimum atomic E-state index is -0.237. The number of thiazole rings is 1. The van der Waals surface area contributed by atoms with Crippen LogP contribution in [0.3, 0.4) is 0 Å². The number of amides is 2. The number of hydrogen-bond donors (Lipinski definition) is 1. The van der Waals surface area contributed by atoms with E-state index < -0.39 is 0 Å². The predicted molar refractivity (Wildman–Crippen MR) is 120 cm³/mol. The van der Waals surface area contributed by atoms with Crippen molar-refractivity contribution in [3.05, 3.63) is 35.2 Å². The number of nitrogens with one attached hydrogen (secondary N) is 1. The van der Waals surface area contributed by atoms with Crippen LogP contribution in [0, 0.1) is 12.8 Å². The van der Waals surface area contributed by atoms with Gasteiger partial charge in [0.05, 0.1) is 11.7 Å². The Labute approximate surface area is 182 Å². The lowest BCUT2D eigenvalue weighted by Crippen LogP contribution is -2.48. The molecule has 0 radical (unpaired) electrons. The SMILES string of the molecule is Cc1ccc(-c2csc(NC(=O)C(C)N3CCC(C(=O)N4CCCC4)CC3)n2)cc1. The van der Waals surface area contributed by atoms with Gasteiger partial charge in [-0.2, -0.15) is 0 Å². The summed E-state index contributed by atoms with van der Waals surface area (Å²) in [6.45, 7) is 7.39. The van der Waals surface area contributed by atoms with Crippen molar-refractivity contribution in [3.63, 3.8) is 0 Å². The quantitative estimate of drug-likeness (QED) is 0.790. The van der Waals surface area contributed by atoms with Crippen LogP contribution in [0.25, 0.3) is 11.3 Å². The number of aromatic nitrogens is 1. The number of likely N-dealkylation sites (tertiary alicyclic amines) is 2. The van der Waals surface area contributed by atoms with Crippen LogP contribution in [0.4, 0.5) is 5.13 Å². The van der Waals surface area contributed by atoms with Crippen LogP contribution in [-0.2, 0) is 9.59 Å². The molecule has 4 rings (SSSR count). The Balaban J connectivity index is 1.29. The fourth-order valence-corrected chi connectivity index (χ4v) is 5.02. The highest BCUT2D eigenvalue weighted by Crippen LogP contribution is 2.26. The molecule has 1 aromatic heterocycles. The Kier molecular flexibility index (Phi) is 6.49. The van der Waals surface area contributed by atoms with Crippen LogP contribution in [0.5, 0.6) is 0 Å². The van der Waals surface area contributed by atoms with Crippen LogP contribution in [0.15, 0.2) is 29.6 Å². The molecule has 2 aliphatic rings. The van der Waals surface area contributed by atoms with Gasteiger partial charge in [0.2, 0.25) is 11.8 Å². The largest absolute Gasteiger partial charge is 0.342 e. The highest BCUT2D eigenvalue weighted by Gasteiger charge is 2.32. The maximum Gasteiger partial charge on any atom is 0.243 e. The third-order valence-electron chi connectivity index (χ3n) is 6.31. The molecule has 1 aromatic carbocycles. The summed E-state index contributed by atoms with van der Waals surface area (Å²) < 4.78 is 0. The Bertz CT molecular complexity index is 881. The molecule has 0 spiro atoms. The summed E-state index contributed by atoms with van der Waals surface area (Å²) in [6, 6.07) is 7.98. The summed E-state index contributed by atoms with van der Waals surface area (Å²) >= 11 is 1.45. The van der Waals surface area contributed by atoms with Gasteiger partial charge >= 0.3 is 0 Å². The first-order chi connectivity index (χ1) is 14.5. The van der Waals surface area contributed by atoms with Crippen molar-refractivity contribution >= 4 is 28.3 Å². The van der Waals surface area contributed by atoms with Gasteiger partial charge in [-0.05, 0) is 52.6 Å². The number of carbonyl (C=O) groups excluding carboxylic acids is 2. The van der Waals surface area contributed by atoms with E-state index in [1.165, 1.54) is 16.9 Å². The number of nitrogens with zero attached hydrogens (tertiary/aromatic N) is 3. The Hall–Kier alpha value is -2.25. The zero-order valence-electron chi connectivity index (χ0n) is 17.8. The van der Waals surface area contributed by atoms with E-state index in [0.29, 0.717) is 11.0 Å². The van der Waals surface area contributed by atoms with Crippen molar-refractivity contribution in [1.29, 1.82) is 0 Å². The normalized spacial score (nSPS) is 19.1. The molecule has 1 N–H and O–H groups in total. The van der Waals surface area contributed by atoms with Gasteiger partial charge in [0, 0.05) is 30.0 Å². The number of piperidine rings is 1. The summed E-state index contributed by atoms with van der Waals surface area (Å²) in [4.78, 5) is 34.1. The second kappa shape index (κ2) is 9.27. The van der Waals surface area contributed by atoms with E-state index in [1.54, 1.807) is 0 Å². The van der Waals surface area contributed by atoms with Crippen LogP contribution >= 0.6 is 11.3 Å². The van der Waals surface area contributed by atoms with E-state index in [2.05, 4.69) is 34.3 Å². The lowest BCUT2D eigenvalue weighted by Gasteiger charge is -2.35. The van der Waals surface area contributed by atoms with Crippen LogP contribution < -0.4 is 5.32 Å². The number of carbonyl (C=O) groups is 2.